The maximum atomic E-state index is 6.35. The second-order valence-corrected chi connectivity index (χ2v) is 10.9. The minimum Gasteiger partial charge on any atom is -0.414 e. The van der Waals surface area contributed by atoms with Crippen molar-refractivity contribution >= 4 is 8.32 Å². The van der Waals surface area contributed by atoms with Gasteiger partial charge in [0.15, 0.2) is 8.32 Å². The third-order valence-corrected chi connectivity index (χ3v) is 8.28. The fourth-order valence-electron chi connectivity index (χ4n) is 1.59. The van der Waals surface area contributed by atoms with Crippen LogP contribution in [0.5, 0.6) is 0 Å². The van der Waals surface area contributed by atoms with Crippen LogP contribution in [0.25, 0.3) is 0 Å². The number of hydrogen-bond acceptors (Lipinski definition) is 3. The molecule has 15 heavy (non-hydrogen) atoms. The zero-order valence-corrected chi connectivity index (χ0v) is 11.8. The molecule has 0 spiro atoms. The van der Waals surface area contributed by atoms with E-state index in [1.54, 1.807) is 0 Å². The number of nitrogens with zero attached hydrogens (tertiary/aromatic N) is 1. The summed E-state index contributed by atoms with van der Waals surface area (Å²) in [6, 6.07) is 0. The Morgan fingerprint density at radius 1 is 1.20 bits per heavy atom. The third-order valence-electron chi connectivity index (χ3n) is 3.74. The first-order valence-electron chi connectivity index (χ1n) is 5.90. The summed E-state index contributed by atoms with van der Waals surface area (Å²) in [7, 11) is -1.57. The maximum Gasteiger partial charge on any atom is 0.192 e. The average Bonchev–Trinajstić information content (AvgIpc) is 2.06. The lowest BCUT2D eigenvalue weighted by Gasteiger charge is -2.41. The molecule has 1 saturated heterocycles. The molecule has 1 fully saturated rings. The van der Waals surface area contributed by atoms with E-state index in [0.29, 0.717) is 11.1 Å². The molecule has 0 saturated carbocycles. The fraction of sp³-hybridized carbons (Fsp3) is 1.00. The quantitative estimate of drug-likeness (QED) is 0.584. The number of nitrogens with two attached hydrogens (primary N) is 1. The molecule has 3 nitrogen and oxygen atoms in total. The Balaban J connectivity index is 2.48. The summed E-state index contributed by atoms with van der Waals surface area (Å²) >= 11 is 0. The van der Waals surface area contributed by atoms with E-state index < -0.39 is 8.32 Å². The molecule has 1 aliphatic rings. The highest BCUT2D eigenvalue weighted by Crippen LogP contribution is 2.38. The van der Waals surface area contributed by atoms with Crippen LogP contribution in [-0.4, -0.2) is 32.5 Å². The van der Waals surface area contributed by atoms with Crippen LogP contribution >= 0.6 is 0 Å². The van der Waals surface area contributed by atoms with Crippen LogP contribution in [0.2, 0.25) is 18.1 Å². The van der Waals surface area contributed by atoms with E-state index in [-0.39, 0.29) is 0 Å². The Labute approximate surface area is 95.1 Å². The highest BCUT2D eigenvalue weighted by atomic mass is 28.4. The molecule has 0 aromatic carbocycles. The molecule has 0 unspecified atom stereocenters. The fourth-order valence-corrected chi connectivity index (χ4v) is 3.01. The van der Waals surface area contributed by atoms with Crippen molar-refractivity contribution in [1.82, 2.24) is 5.01 Å². The standard InChI is InChI=1S/C11H26N2OSi/c1-11(2,3)15(4,5)14-10-6-8-13(12)9-7-10/h10H,6-9,12H2,1-5H3. The van der Waals surface area contributed by atoms with E-state index in [9.17, 15) is 0 Å². The van der Waals surface area contributed by atoms with Crippen LogP contribution in [0, 0.1) is 0 Å². The molecule has 4 heteroatoms. The van der Waals surface area contributed by atoms with Gasteiger partial charge in [-0.1, -0.05) is 20.8 Å². The van der Waals surface area contributed by atoms with Gasteiger partial charge < -0.3 is 4.43 Å². The molecule has 0 amide bonds. The van der Waals surface area contributed by atoms with Crippen LogP contribution < -0.4 is 5.84 Å². The summed E-state index contributed by atoms with van der Waals surface area (Å²) in [5.41, 5.74) is 0. The van der Waals surface area contributed by atoms with Crippen molar-refractivity contribution in [1.29, 1.82) is 0 Å². The second kappa shape index (κ2) is 4.53. The van der Waals surface area contributed by atoms with Crippen LogP contribution in [-0.2, 0) is 4.43 Å². The summed E-state index contributed by atoms with van der Waals surface area (Å²) in [4.78, 5) is 0. The Hall–Kier alpha value is 0.0969. The van der Waals surface area contributed by atoms with Gasteiger partial charge in [0.05, 0.1) is 0 Å². The molecule has 0 aromatic rings. The lowest BCUT2D eigenvalue weighted by molar-refractivity contribution is 0.0900. The second-order valence-electron chi connectivity index (χ2n) is 6.11. The Kier molecular flexibility index (Phi) is 3.98. The summed E-state index contributed by atoms with van der Waals surface area (Å²) in [5, 5.41) is 2.21. The maximum absolute atomic E-state index is 6.35. The summed E-state index contributed by atoms with van der Waals surface area (Å²) in [6.07, 6.45) is 2.61. The number of hydrazine groups is 1. The zero-order valence-electron chi connectivity index (χ0n) is 10.8. The first-order valence-corrected chi connectivity index (χ1v) is 8.81. The van der Waals surface area contributed by atoms with E-state index in [1.807, 2.05) is 5.01 Å². The molecule has 0 bridgehead atoms. The highest BCUT2D eigenvalue weighted by molar-refractivity contribution is 6.74. The van der Waals surface area contributed by atoms with E-state index >= 15 is 0 Å². The molecule has 1 aliphatic heterocycles. The molecule has 1 heterocycles. The van der Waals surface area contributed by atoms with Crippen LogP contribution in [0.15, 0.2) is 0 Å². The minimum atomic E-state index is -1.57. The zero-order chi connectivity index (χ0) is 11.7. The van der Waals surface area contributed by atoms with Gasteiger partial charge in [-0.15, -0.1) is 0 Å². The number of piperidine rings is 1. The van der Waals surface area contributed by atoms with Gasteiger partial charge in [0.25, 0.3) is 0 Å². The third kappa shape index (κ3) is 3.55. The van der Waals surface area contributed by atoms with Crippen molar-refractivity contribution in [2.24, 2.45) is 5.84 Å². The van der Waals surface area contributed by atoms with E-state index in [1.165, 1.54) is 0 Å². The van der Waals surface area contributed by atoms with Crippen molar-refractivity contribution in [2.75, 3.05) is 13.1 Å². The topological polar surface area (TPSA) is 38.5 Å². The van der Waals surface area contributed by atoms with Gasteiger partial charge in [0.1, 0.15) is 0 Å². The first kappa shape index (κ1) is 13.2. The smallest absolute Gasteiger partial charge is 0.192 e. The summed E-state index contributed by atoms with van der Waals surface area (Å²) in [5.74, 6) is 5.74. The largest absolute Gasteiger partial charge is 0.414 e. The first-order chi connectivity index (χ1) is 6.72. The van der Waals surface area contributed by atoms with E-state index in [0.717, 1.165) is 25.9 Å². The predicted molar refractivity (Wildman–Crippen MR) is 67.1 cm³/mol. The van der Waals surface area contributed by atoms with Gasteiger partial charge in [-0.2, -0.15) is 0 Å². The van der Waals surface area contributed by atoms with Gasteiger partial charge in [-0.25, -0.2) is 5.01 Å². The highest BCUT2D eigenvalue weighted by Gasteiger charge is 2.39. The summed E-state index contributed by atoms with van der Waals surface area (Å²) < 4.78 is 6.35. The van der Waals surface area contributed by atoms with Crippen LogP contribution in [0.1, 0.15) is 33.6 Å². The predicted octanol–water partition coefficient (Wildman–Crippen LogP) is 2.35. The molecule has 1 rings (SSSR count). The SMILES string of the molecule is CC(C)(C)[Si](C)(C)OC1CCN(N)CC1. The van der Waals surface area contributed by atoms with E-state index in [2.05, 4.69) is 33.9 Å². The monoisotopic (exact) mass is 230 g/mol. The van der Waals surface area contributed by atoms with Gasteiger partial charge in [-0.3, -0.25) is 5.84 Å². The Morgan fingerprint density at radius 3 is 2.07 bits per heavy atom. The molecular formula is C11H26N2OSi. The molecule has 90 valence electrons. The Bertz CT molecular complexity index is 205. The van der Waals surface area contributed by atoms with E-state index in [4.69, 9.17) is 10.3 Å². The lowest BCUT2D eigenvalue weighted by Crippen LogP contribution is -2.48. The molecule has 0 atom stereocenters. The van der Waals surface area contributed by atoms with Crippen molar-refractivity contribution in [2.45, 2.75) is 57.8 Å². The molecular weight excluding hydrogens is 204 g/mol. The normalized spacial score (nSPS) is 22.0. The number of rotatable bonds is 2. The number of hydrogen-bond donors (Lipinski definition) is 1. The molecule has 0 radical (unpaired) electrons. The van der Waals surface area contributed by atoms with Gasteiger partial charge in [-0.05, 0) is 31.0 Å². The van der Waals surface area contributed by atoms with Crippen molar-refractivity contribution in [3.63, 3.8) is 0 Å². The molecule has 0 aliphatic carbocycles. The average molecular weight is 230 g/mol. The van der Waals surface area contributed by atoms with Gasteiger partial charge in [0.2, 0.25) is 0 Å². The van der Waals surface area contributed by atoms with Gasteiger partial charge in [0, 0.05) is 19.2 Å². The molecule has 0 aromatic heterocycles. The summed E-state index contributed by atoms with van der Waals surface area (Å²) in [6.45, 7) is 13.5. The van der Waals surface area contributed by atoms with Crippen molar-refractivity contribution in [3.8, 4) is 0 Å². The Morgan fingerprint density at radius 2 is 1.67 bits per heavy atom. The van der Waals surface area contributed by atoms with Crippen LogP contribution in [0.4, 0.5) is 0 Å². The van der Waals surface area contributed by atoms with Crippen molar-refractivity contribution < 1.29 is 4.43 Å². The minimum absolute atomic E-state index is 0.312. The van der Waals surface area contributed by atoms with Gasteiger partial charge >= 0.3 is 0 Å². The van der Waals surface area contributed by atoms with Crippen LogP contribution in [0.3, 0.4) is 0 Å². The molecule has 2 N–H and O–H groups in total. The van der Waals surface area contributed by atoms with Crippen molar-refractivity contribution in [3.05, 3.63) is 0 Å². The lowest BCUT2D eigenvalue weighted by atomic mass is 10.1.